The summed E-state index contributed by atoms with van der Waals surface area (Å²) in [7, 11) is 0. The summed E-state index contributed by atoms with van der Waals surface area (Å²) in [5.41, 5.74) is 2.40. The van der Waals surface area contributed by atoms with Crippen LogP contribution in [0, 0.1) is 12.8 Å². The van der Waals surface area contributed by atoms with Gasteiger partial charge >= 0.3 is 0 Å². The number of rotatable bonds is 3. The Labute approximate surface area is 136 Å². The molecular weight excluding hydrogens is 290 g/mol. The van der Waals surface area contributed by atoms with Crippen molar-refractivity contribution in [3.05, 3.63) is 47.1 Å². The minimum absolute atomic E-state index is 0.210. The molecule has 5 heteroatoms. The zero-order valence-corrected chi connectivity index (χ0v) is 13.5. The average Bonchev–Trinajstić information content (AvgIpc) is 3.12. The highest BCUT2D eigenvalue weighted by Crippen LogP contribution is 2.36. The van der Waals surface area contributed by atoms with Crippen LogP contribution in [0.1, 0.15) is 41.8 Å². The Hall–Kier alpha value is -1.72. The minimum atomic E-state index is -0.364. The highest BCUT2D eigenvalue weighted by Gasteiger charge is 2.37. The maximum atomic E-state index is 10.7. The molecule has 2 aliphatic rings. The van der Waals surface area contributed by atoms with E-state index in [-0.39, 0.29) is 12.1 Å². The molecule has 4 rings (SSSR count). The molecule has 3 unspecified atom stereocenters. The smallest absolute Gasteiger partial charge is 0.223 e. The van der Waals surface area contributed by atoms with Gasteiger partial charge in [-0.05, 0) is 42.9 Å². The summed E-state index contributed by atoms with van der Waals surface area (Å²) < 4.78 is 5.08. The van der Waals surface area contributed by atoms with E-state index in [9.17, 15) is 5.11 Å². The molecule has 2 heterocycles. The average molecular weight is 313 g/mol. The number of hydrogen-bond acceptors (Lipinski definition) is 5. The van der Waals surface area contributed by atoms with Crippen molar-refractivity contribution in [2.75, 3.05) is 13.1 Å². The van der Waals surface area contributed by atoms with Crippen molar-refractivity contribution in [1.29, 1.82) is 0 Å². The van der Waals surface area contributed by atoms with Crippen molar-refractivity contribution in [1.82, 2.24) is 15.0 Å². The minimum Gasteiger partial charge on any atom is -0.387 e. The van der Waals surface area contributed by atoms with E-state index in [1.807, 2.05) is 13.0 Å². The first kappa shape index (κ1) is 14.8. The standard InChI is InChI=1S/C18H23N3O2/c1-12-19-17(20-23-12)9-13-5-4-8-21(11-13)16-10-14-6-2-3-7-15(14)18(16)22/h2-3,6-7,13,16,18,22H,4-5,8-11H2,1H3. The molecule has 122 valence electrons. The molecule has 1 fully saturated rings. The molecule has 1 aliphatic carbocycles. The number of aliphatic hydroxyl groups is 1. The van der Waals surface area contributed by atoms with Crippen molar-refractivity contribution >= 4 is 0 Å². The molecule has 1 aromatic carbocycles. The number of aromatic nitrogens is 2. The fourth-order valence-electron chi connectivity index (χ4n) is 4.13. The van der Waals surface area contributed by atoms with Crippen LogP contribution in [-0.4, -0.2) is 39.3 Å². The van der Waals surface area contributed by atoms with Crippen LogP contribution in [0.15, 0.2) is 28.8 Å². The Kier molecular flexibility index (Phi) is 3.91. The molecule has 0 amide bonds. The number of benzene rings is 1. The van der Waals surface area contributed by atoms with Crippen LogP contribution in [0.5, 0.6) is 0 Å². The number of hydrogen-bond donors (Lipinski definition) is 1. The van der Waals surface area contributed by atoms with Gasteiger partial charge in [0.25, 0.3) is 0 Å². The predicted octanol–water partition coefficient (Wildman–Crippen LogP) is 2.29. The third-order valence-corrected chi connectivity index (χ3v) is 5.23. The Morgan fingerprint density at radius 2 is 2.22 bits per heavy atom. The molecule has 1 aliphatic heterocycles. The molecule has 23 heavy (non-hydrogen) atoms. The number of likely N-dealkylation sites (tertiary alicyclic amines) is 1. The first-order valence-corrected chi connectivity index (χ1v) is 8.50. The van der Waals surface area contributed by atoms with E-state index in [0.29, 0.717) is 11.8 Å². The molecule has 1 saturated heterocycles. The van der Waals surface area contributed by atoms with Crippen molar-refractivity contribution in [2.24, 2.45) is 5.92 Å². The topological polar surface area (TPSA) is 62.4 Å². The molecule has 0 radical (unpaired) electrons. The van der Waals surface area contributed by atoms with Crippen LogP contribution >= 0.6 is 0 Å². The van der Waals surface area contributed by atoms with Gasteiger partial charge in [0.15, 0.2) is 5.82 Å². The number of aryl methyl sites for hydroxylation is 1. The lowest BCUT2D eigenvalue weighted by Gasteiger charge is -2.37. The van der Waals surface area contributed by atoms with Crippen LogP contribution < -0.4 is 0 Å². The number of aliphatic hydroxyl groups excluding tert-OH is 1. The highest BCUT2D eigenvalue weighted by atomic mass is 16.5. The van der Waals surface area contributed by atoms with E-state index in [1.165, 1.54) is 18.4 Å². The van der Waals surface area contributed by atoms with Gasteiger partial charge in [-0.25, -0.2) is 0 Å². The van der Waals surface area contributed by atoms with Crippen LogP contribution in [0.3, 0.4) is 0 Å². The summed E-state index contributed by atoms with van der Waals surface area (Å²) >= 11 is 0. The van der Waals surface area contributed by atoms with E-state index < -0.39 is 0 Å². The fourth-order valence-corrected chi connectivity index (χ4v) is 4.13. The molecule has 5 nitrogen and oxygen atoms in total. The van der Waals surface area contributed by atoms with Gasteiger partial charge in [-0.1, -0.05) is 29.4 Å². The van der Waals surface area contributed by atoms with Gasteiger partial charge in [0.2, 0.25) is 5.89 Å². The van der Waals surface area contributed by atoms with Gasteiger partial charge in [-0.2, -0.15) is 4.98 Å². The number of nitrogens with zero attached hydrogens (tertiary/aromatic N) is 3. The molecule has 0 bridgehead atoms. The molecular formula is C18H23N3O2. The van der Waals surface area contributed by atoms with Crippen molar-refractivity contribution < 1.29 is 9.63 Å². The van der Waals surface area contributed by atoms with Crippen molar-refractivity contribution in [2.45, 2.75) is 44.8 Å². The van der Waals surface area contributed by atoms with E-state index in [1.54, 1.807) is 0 Å². The second-order valence-corrected chi connectivity index (χ2v) is 6.85. The van der Waals surface area contributed by atoms with E-state index in [0.717, 1.165) is 37.3 Å². The lowest BCUT2D eigenvalue weighted by atomic mass is 9.92. The first-order chi connectivity index (χ1) is 11.2. The maximum Gasteiger partial charge on any atom is 0.223 e. The van der Waals surface area contributed by atoms with E-state index in [4.69, 9.17) is 4.52 Å². The van der Waals surface area contributed by atoms with Crippen LogP contribution in [0.25, 0.3) is 0 Å². The second-order valence-electron chi connectivity index (χ2n) is 6.85. The molecule has 0 saturated carbocycles. The fraction of sp³-hybridized carbons (Fsp3) is 0.556. The lowest BCUT2D eigenvalue weighted by Crippen LogP contribution is -2.45. The summed E-state index contributed by atoms with van der Waals surface area (Å²) in [5, 5.41) is 14.7. The quantitative estimate of drug-likeness (QED) is 0.942. The van der Waals surface area contributed by atoms with Crippen LogP contribution in [0.2, 0.25) is 0 Å². The third kappa shape index (κ3) is 2.91. The van der Waals surface area contributed by atoms with Gasteiger partial charge in [0, 0.05) is 25.9 Å². The highest BCUT2D eigenvalue weighted by molar-refractivity contribution is 5.36. The van der Waals surface area contributed by atoms with Crippen molar-refractivity contribution in [3.63, 3.8) is 0 Å². The SMILES string of the molecule is Cc1nc(CC2CCCN(C3Cc4ccccc4C3O)C2)no1. The first-order valence-electron chi connectivity index (χ1n) is 8.50. The summed E-state index contributed by atoms with van der Waals surface area (Å²) in [4.78, 5) is 6.79. The van der Waals surface area contributed by atoms with Gasteiger partial charge in [-0.3, -0.25) is 4.90 Å². The summed E-state index contributed by atoms with van der Waals surface area (Å²) in [6.07, 6.45) is 3.81. The number of piperidine rings is 1. The zero-order valence-electron chi connectivity index (χ0n) is 13.5. The monoisotopic (exact) mass is 313 g/mol. The van der Waals surface area contributed by atoms with Crippen molar-refractivity contribution in [3.8, 4) is 0 Å². The maximum absolute atomic E-state index is 10.7. The second kappa shape index (κ2) is 6.06. The molecule has 0 spiro atoms. The molecule has 2 aromatic rings. The Morgan fingerprint density at radius 3 is 3.00 bits per heavy atom. The Morgan fingerprint density at radius 1 is 1.35 bits per heavy atom. The van der Waals surface area contributed by atoms with Gasteiger partial charge in [0.1, 0.15) is 0 Å². The van der Waals surface area contributed by atoms with Crippen LogP contribution in [0.4, 0.5) is 0 Å². The number of fused-ring (bicyclic) bond motifs is 1. The zero-order chi connectivity index (χ0) is 15.8. The molecule has 1 N–H and O–H groups in total. The Balaban J connectivity index is 1.44. The summed E-state index contributed by atoms with van der Waals surface area (Å²) in [6.45, 7) is 3.90. The third-order valence-electron chi connectivity index (χ3n) is 5.23. The summed E-state index contributed by atoms with van der Waals surface area (Å²) in [5.74, 6) is 1.98. The molecule has 1 aromatic heterocycles. The van der Waals surface area contributed by atoms with E-state index in [2.05, 4.69) is 33.2 Å². The Bertz CT molecular complexity index is 684. The van der Waals surface area contributed by atoms with Gasteiger partial charge < -0.3 is 9.63 Å². The van der Waals surface area contributed by atoms with Crippen LogP contribution in [-0.2, 0) is 12.8 Å². The normalized spacial score (nSPS) is 28.0. The van der Waals surface area contributed by atoms with Gasteiger partial charge in [0.05, 0.1) is 6.10 Å². The lowest BCUT2D eigenvalue weighted by molar-refractivity contribution is 0.0341. The predicted molar refractivity (Wildman–Crippen MR) is 85.9 cm³/mol. The summed E-state index contributed by atoms with van der Waals surface area (Å²) in [6, 6.07) is 8.49. The van der Waals surface area contributed by atoms with E-state index >= 15 is 0 Å². The molecule has 3 atom stereocenters. The van der Waals surface area contributed by atoms with Gasteiger partial charge in [-0.15, -0.1) is 0 Å². The largest absolute Gasteiger partial charge is 0.387 e.